The molecule has 6 heteroatoms. The zero-order valence-electron chi connectivity index (χ0n) is 17.4. The van der Waals surface area contributed by atoms with Crippen molar-refractivity contribution in [2.24, 2.45) is 0 Å². The highest BCUT2D eigenvalue weighted by molar-refractivity contribution is 6.87. The molecule has 0 aliphatic heterocycles. The molecule has 0 bridgehead atoms. The Morgan fingerprint density at radius 1 is 1.25 bits per heavy atom. The third kappa shape index (κ3) is 5.20. The van der Waals surface area contributed by atoms with E-state index in [1.54, 1.807) is 6.07 Å². The molecule has 1 amide bonds. The van der Waals surface area contributed by atoms with Gasteiger partial charge in [-0.3, -0.25) is 9.78 Å². The van der Waals surface area contributed by atoms with Gasteiger partial charge in [0.2, 0.25) is 0 Å². The Balaban J connectivity index is 2.17. The van der Waals surface area contributed by atoms with E-state index in [0.717, 1.165) is 10.9 Å². The summed E-state index contributed by atoms with van der Waals surface area (Å²) in [6.45, 7) is 10.9. The molecule has 0 fully saturated rings. The van der Waals surface area contributed by atoms with Crippen LogP contribution in [0.3, 0.4) is 0 Å². The number of methoxy groups -OCH3 is 1. The van der Waals surface area contributed by atoms with Crippen LogP contribution >= 0.6 is 0 Å². The summed E-state index contributed by atoms with van der Waals surface area (Å²) in [5.74, 6) is 2.23. The number of benzene rings is 1. The number of nitrogens with one attached hydrogen (secondary N) is 1. The van der Waals surface area contributed by atoms with Crippen LogP contribution in [0.2, 0.25) is 18.1 Å². The fourth-order valence-electron chi connectivity index (χ4n) is 2.33. The fourth-order valence-corrected chi connectivity index (χ4v) is 3.25. The molecule has 2 aromatic rings. The van der Waals surface area contributed by atoms with Crippen molar-refractivity contribution in [3.05, 3.63) is 42.1 Å². The second-order valence-electron chi connectivity index (χ2n) is 8.35. The number of carbonyl (C=O) groups is 2. The monoisotopic (exact) mass is 396 g/mol. The number of hydrogen-bond acceptors (Lipinski definition) is 4. The molecule has 28 heavy (non-hydrogen) atoms. The number of carbonyl (C=O) groups excluding carboxylic acids is 2. The Morgan fingerprint density at radius 3 is 2.57 bits per heavy atom. The van der Waals surface area contributed by atoms with Crippen molar-refractivity contribution < 1.29 is 14.3 Å². The van der Waals surface area contributed by atoms with E-state index in [-0.39, 0.29) is 17.4 Å². The van der Waals surface area contributed by atoms with Gasteiger partial charge in [0.15, 0.2) is 0 Å². The summed E-state index contributed by atoms with van der Waals surface area (Å²) < 4.78 is 4.84. The number of nitrogens with zero attached hydrogens (tertiary/aromatic N) is 1. The Bertz CT molecular complexity index is 936. The van der Waals surface area contributed by atoms with Crippen molar-refractivity contribution in [1.29, 1.82) is 0 Å². The lowest BCUT2D eigenvalue weighted by molar-refractivity contribution is -0.142. The van der Waals surface area contributed by atoms with Crippen molar-refractivity contribution in [2.75, 3.05) is 7.11 Å². The minimum absolute atomic E-state index is 0.126. The van der Waals surface area contributed by atoms with Gasteiger partial charge >= 0.3 is 5.97 Å². The lowest BCUT2D eigenvalue weighted by atomic mass is 10.1. The van der Waals surface area contributed by atoms with Gasteiger partial charge in [0, 0.05) is 18.0 Å². The second kappa shape index (κ2) is 8.57. The zero-order chi connectivity index (χ0) is 20.9. The molecule has 1 aromatic heterocycles. The summed E-state index contributed by atoms with van der Waals surface area (Å²) in [5.41, 5.74) is 4.57. The first kappa shape index (κ1) is 21.6. The highest BCUT2D eigenvalue weighted by Crippen LogP contribution is 2.35. The Hall–Kier alpha value is -2.65. The van der Waals surface area contributed by atoms with Crippen molar-refractivity contribution in [2.45, 2.75) is 51.4 Å². The highest BCUT2D eigenvalue weighted by Gasteiger charge is 2.33. The predicted molar refractivity (Wildman–Crippen MR) is 115 cm³/mol. The van der Waals surface area contributed by atoms with Gasteiger partial charge in [0.1, 0.15) is 14.1 Å². The number of esters is 1. The maximum absolute atomic E-state index is 12.6. The van der Waals surface area contributed by atoms with Gasteiger partial charge in [-0.15, -0.1) is 11.5 Å². The van der Waals surface area contributed by atoms with E-state index in [1.165, 1.54) is 13.3 Å². The molecule has 5 nitrogen and oxygen atoms in total. The van der Waals surface area contributed by atoms with Crippen LogP contribution in [-0.2, 0) is 9.53 Å². The van der Waals surface area contributed by atoms with Crippen LogP contribution in [0.25, 0.3) is 10.9 Å². The predicted octanol–water partition coefficient (Wildman–Crippen LogP) is 3.95. The van der Waals surface area contributed by atoms with E-state index in [2.05, 4.69) is 55.6 Å². The Kier molecular flexibility index (Phi) is 6.63. The third-order valence-electron chi connectivity index (χ3n) is 5.23. The van der Waals surface area contributed by atoms with Gasteiger partial charge in [-0.1, -0.05) is 52.1 Å². The normalized spacial score (nSPS) is 12.6. The van der Waals surface area contributed by atoms with E-state index in [0.29, 0.717) is 5.56 Å². The first-order chi connectivity index (χ1) is 13.0. The smallest absolute Gasteiger partial charge is 0.329 e. The summed E-state index contributed by atoms with van der Waals surface area (Å²) in [5, 5.41) is 3.72. The van der Waals surface area contributed by atoms with Crippen LogP contribution in [0.4, 0.5) is 0 Å². The highest BCUT2D eigenvalue weighted by atomic mass is 28.3. The first-order valence-electron chi connectivity index (χ1n) is 9.28. The van der Waals surface area contributed by atoms with Crippen LogP contribution in [-0.4, -0.2) is 38.1 Å². The van der Waals surface area contributed by atoms with Gasteiger partial charge in [-0.25, -0.2) is 4.79 Å². The number of amides is 1. The van der Waals surface area contributed by atoms with E-state index >= 15 is 0 Å². The van der Waals surface area contributed by atoms with Crippen LogP contribution in [0.1, 0.15) is 37.6 Å². The molecule has 0 aliphatic rings. The lowest BCUT2D eigenvalue weighted by Gasteiger charge is -2.31. The molecular weight excluding hydrogens is 368 g/mol. The fraction of sp³-hybridized carbons (Fsp3) is 0.409. The van der Waals surface area contributed by atoms with Gasteiger partial charge in [0.05, 0.1) is 18.2 Å². The minimum atomic E-state index is -1.79. The first-order valence-corrected chi connectivity index (χ1v) is 12.3. The lowest BCUT2D eigenvalue weighted by Crippen LogP contribution is -2.41. The number of aromatic nitrogens is 1. The van der Waals surface area contributed by atoms with Crippen LogP contribution in [0.5, 0.6) is 0 Å². The van der Waals surface area contributed by atoms with Crippen molar-refractivity contribution in [1.82, 2.24) is 10.3 Å². The maximum atomic E-state index is 12.6. The number of para-hydroxylation sites is 1. The molecular formula is C22H28N2O3Si. The van der Waals surface area contributed by atoms with E-state index in [4.69, 9.17) is 4.74 Å². The Morgan fingerprint density at radius 2 is 1.93 bits per heavy atom. The largest absolute Gasteiger partial charge is 0.467 e. The van der Waals surface area contributed by atoms with Crippen molar-refractivity contribution in [3.8, 4) is 11.5 Å². The van der Waals surface area contributed by atoms with E-state index < -0.39 is 20.1 Å². The number of ether oxygens (including phenoxy) is 1. The number of pyridine rings is 1. The summed E-state index contributed by atoms with van der Waals surface area (Å²) in [4.78, 5) is 29.1. The zero-order valence-corrected chi connectivity index (χ0v) is 18.4. The molecule has 0 aliphatic carbocycles. The SMILES string of the molecule is COC(=O)[C@H](CC#C[Si](C)(C)C(C)(C)C)NC(=O)c1cnc2ccccc2c1. The molecule has 1 heterocycles. The summed E-state index contributed by atoms with van der Waals surface area (Å²) in [6.07, 6.45) is 1.72. The van der Waals surface area contributed by atoms with Crippen molar-refractivity contribution in [3.63, 3.8) is 0 Å². The number of fused-ring (bicyclic) bond motifs is 1. The standard InChI is InChI=1S/C22H28N2O3Si/c1-22(2,3)28(5,6)13-9-12-19(21(26)27-4)24-20(25)17-14-16-10-7-8-11-18(16)23-15-17/h7-8,10-11,14-15,19H,12H2,1-6H3,(H,24,25)/t19-/m0/s1. The van der Waals surface area contributed by atoms with Gasteiger partial charge in [-0.05, 0) is 17.2 Å². The molecule has 0 radical (unpaired) electrons. The van der Waals surface area contributed by atoms with Crippen LogP contribution < -0.4 is 5.32 Å². The quantitative estimate of drug-likeness (QED) is 0.483. The summed E-state index contributed by atoms with van der Waals surface area (Å²) >= 11 is 0. The second-order valence-corrected chi connectivity index (χ2v) is 13.3. The van der Waals surface area contributed by atoms with Gasteiger partial charge < -0.3 is 10.1 Å². The molecule has 1 aromatic carbocycles. The molecule has 2 rings (SSSR count). The number of hydrogen-bond donors (Lipinski definition) is 1. The number of rotatable bonds is 4. The average Bonchev–Trinajstić information content (AvgIpc) is 2.65. The molecule has 0 unspecified atom stereocenters. The van der Waals surface area contributed by atoms with E-state index in [9.17, 15) is 9.59 Å². The molecule has 148 valence electrons. The van der Waals surface area contributed by atoms with Gasteiger partial charge in [-0.2, -0.15) is 0 Å². The average molecular weight is 397 g/mol. The minimum Gasteiger partial charge on any atom is -0.467 e. The molecule has 1 atom stereocenters. The van der Waals surface area contributed by atoms with Crippen molar-refractivity contribution >= 4 is 30.9 Å². The topological polar surface area (TPSA) is 68.3 Å². The summed E-state index contributed by atoms with van der Waals surface area (Å²) in [7, 11) is -0.481. The van der Waals surface area contributed by atoms with Crippen LogP contribution in [0, 0.1) is 11.5 Å². The molecule has 0 saturated heterocycles. The molecule has 0 spiro atoms. The van der Waals surface area contributed by atoms with Gasteiger partial charge in [0.25, 0.3) is 5.91 Å². The maximum Gasteiger partial charge on any atom is 0.329 e. The summed E-state index contributed by atoms with van der Waals surface area (Å²) in [6, 6.07) is 8.49. The molecule has 1 N–H and O–H groups in total. The third-order valence-corrected chi connectivity index (χ3v) is 9.78. The molecule has 0 saturated carbocycles. The van der Waals surface area contributed by atoms with Crippen LogP contribution in [0.15, 0.2) is 36.5 Å². The Labute approximate surface area is 167 Å². The van der Waals surface area contributed by atoms with E-state index in [1.807, 2.05) is 24.3 Å².